The molecule has 0 aromatic heterocycles. The highest BCUT2D eigenvalue weighted by molar-refractivity contribution is 5.82. The van der Waals surface area contributed by atoms with E-state index >= 15 is 0 Å². The molecule has 0 bridgehead atoms. The molecule has 2 aliphatic heterocycles. The molecule has 1 atom stereocenters. The van der Waals surface area contributed by atoms with Gasteiger partial charge < -0.3 is 9.64 Å². The molecule has 0 N–H and O–H groups in total. The standard InChI is InChI=1S/C34H35F2N3O2/c1-21-14-26(6-5-13-39(19-21)33(40)41-20-34(4,35)36)31-23(3)11-12-38-30-17-27(16-29(32(30)31)25-9-10-25)28-15-24(18-37)8-7-22(28)2/h7-8,11-12,14-17,21,25H,3,5-6,9-10,13,19-20H2,1-2,4H3/b26-14-/t21-/m1/s1. The molecule has 2 aromatic rings. The minimum atomic E-state index is -3.06. The van der Waals surface area contributed by atoms with Crippen LogP contribution in [0.2, 0.25) is 0 Å². The first-order valence-electron chi connectivity index (χ1n) is 14.2. The highest BCUT2D eigenvalue weighted by Gasteiger charge is 2.30. The van der Waals surface area contributed by atoms with E-state index in [1.165, 1.54) is 10.5 Å². The summed E-state index contributed by atoms with van der Waals surface area (Å²) in [6.45, 7) is 9.13. The molecule has 1 amide bonds. The zero-order valence-corrected chi connectivity index (χ0v) is 23.8. The second kappa shape index (κ2) is 11.4. The number of ether oxygens (including phenoxy) is 1. The van der Waals surface area contributed by atoms with Gasteiger partial charge in [0.15, 0.2) is 6.61 Å². The van der Waals surface area contributed by atoms with Gasteiger partial charge in [-0.3, -0.25) is 4.99 Å². The van der Waals surface area contributed by atoms with Crippen LogP contribution in [0.5, 0.6) is 0 Å². The Balaban J connectivity index is 1.59. The van der Waals surface area contributed by atoms with Gasteiger partial charge >= 0.3 is 6.09 Å². The number of hydrogen-bond acceptors (Lipinski definition) is 4. The summed E-state index contributed by atoms with van der Waals surface area (Å²) in [4.78, 5) is 18.9. The third-order valence-electron chi connectivity index (χ3n) is 7.80. The number of amides is 1. The fraction of sp³-hybridized carbons (Fsp3) is 0.382. The summed E-state index contributed by atoms with van der Waals surface area (Å²) in [6, 6.07) is 12.4. The van der Waals surface area contributed by atoms with Gasteiger partial charge in [-0.25, -0.2) is 13.6 Å². The van der Waals surface area contributed by atoms with E-state index in [0.29, 0.717) is 37.4 Å². The highest BCUT2D eigenvalue weighted by Crippen LogP contribution is 2.40. The van der Waals surface area contributed by atoms with E-state index in [0.717, 1.165) is 63.8 Å². The number of rotatable bonds is 5. The lowest BCUT2D eigenvalue weighted by atomic mass is 9.86. The van der Waals surface area contributed by atoms with Crippen molar-refractivity contribution >= 4 is 11.7 Å². The Bertz CT molecular complexity index is 1620. The number of fused-ring (bicyclic) bond motifs is 1. The predicted molar refractivity (Wildman–Crippen MR) is 156 cm³/mol. The zero-order chi connectivity index (χ0) is 29.3. The molecule has 7 heteroatoms. The summed E-state index contributed by atoms with van der Waals surface area (Å²) < 4.78 is 31.4. The Hall–Kier alpha value is -4.05. The summed E-state index contributed by atoms with van der Waals surface area (Å²) in [6.07, 6.45) is 8.84. The summed E-state index contributed by atoms with van der Waals surface area (Å²) in [5.74, 6) is -2.64. The highest BCUT2D eigenvalue weighted by atomic mass is 19.3. The fourth-order valence-electron chi connectivity index (χ4n) is 5.75. The van der Waals surface area contributed by atoms with Crippen molar-refractivity contribution in [2.45, 2.75) is 58.3 Å². The number of benzene rings is 2. The molecular weight excluding hydrogens is 520 g/mol. The van der Waals surface area contributed by atoms with Gasteiger partial charge in [-0.2, -0.15) is 5.26 Å². The van der Waals surface area contributed by atoms with Crippen LogP contribution in [0.3, 0.4) is 0 Å². The first-order chi connectivity index (χ1) is 19.5. The zero-order valence-electron chi connectivity index (χ0n) is 23.8. The lowest BCUT2D eigenvalue weighted by Gasteiger charge is -2.28. The molecule has 1 aliphatic carbocycles. The number of halogens is 2. The van der Waals surface area contributed by atoms with Crippen molar-refractivity contribution in [2.75, 3.05) is 19.7 Å². The molecule has 0 unspecified atom stereocenters. The van der Waals surface area contributed by atoms with Crippen LogP contribution >= 0.6 is 0 Å². The molecule has 1 fully saturated rings. The summed E-state index contributed by atoms with van der Waals surface area (Å²) in [5.41, 5.74) is 8.21. The van der Waals surface area contributed by atoms with Crippen molar-refractivity contribution < 1.29 is 18.3 Å². The third kappa shape index (κ3) is 6.48. The van der Waals surface area contributed by atoms with Crippen molar-refractivity contribution in [3.8, 4) is 17.2 Å². The number of nitriles is 1. The van der Waals surface area contributed by atoms with Crippen molar-refractivity contribution in [1.82, 2.24) is 4.90 Å². The second-order valence-corrected chi connectivity index (χ2v) is 11.6. The van der Waals surface area contributed by atoms with Crippen molar-refractivity contribution in [3.05, 3.63) is 93.7 Å². The molecule has 1 saturated carbocycles. The van der Waals surface area contributed by atoms with Gasteiger partial charge in [-0.1, -0.05) is 31.7 Å². The van der Waals surface area contributed by atoms with E-state index in [4.69, 9.17) is 9.73 Å². The number of carbonyl (C=O) groups excluding carboxylic acids is 1. The minimum Gasteiger partial charge on any atom is -0.443 e. The molecule has 2 aromatic carbocycles. The van der Waals surface area contributed by atoms with Gasteiger partial charge in [0.05, 0.1) is 17.0 Å². The summed E-state index contributed by atoms with van der Waals surface area (Å²) in [7, 11) is 0. The maximum Gasteiger partial charge on any atom is 0.409 e. The smallest absolute Gasteiger partial charge is 0.409 e. The van der Waals surface area contributed by atoms with E-state index in [-0.39, 0.29) is 5.92 Å². The van der Waals surface area contributed by atoms with E-state index in [1.807, 2.05) is 31.2 Å². The van der Waals surface area contributed by atoms with Crippen LogP contribution in [0.25, 0.3) is 16.7 Å². The first kappa shape index (κ1) is 28.5. The predicted octanol–water partition coefficient (Wildman–Crippen LogP) is 6.72. The summed E-state index contributed by atoms with van der Waals surface area (Å²) >= 11 is 0. The monoisotopic (exact) mass is 555 g/mol. The van der Waals surface area contributed by atoms with E-state index < -0.39 is 18.6 Å². The molecule has 0 spiro atoms. The van der Waals surface area contributed by atoms with Gasteiger partial charge in [0.2, 0.25) is 0 Å². The van der Waals surface area contributed by atoms with E-state index in [9.17, 15) is 18.8 Å². The Labute approximate surface area is 239 Å². The van der Waals surface area contributed by atoms with Crippen LogP contribution in [-0.4, -0.2) is 36.6 Å². The average Bonchev–Trinajstić information content (AvgIpc) is 3.76. The first-order valence-corrected chi connectivity index (χ1v) is 14.2. The molecule has 3 aliphatic rings. The van der Waals surface area contributed by atoms with E-state index in [2.05, 4.69) is 37.8 Å². The van der Waals surface area contributed by atoms with Crippen molar-refractivity contribution in [3.63, 3.8) is 0 Å². The fourth-order valence-corrected chi connectivity index (χ4v) is 5.75. The normalized spacial score (nSPS) is 20.5. The van der Waals surface area contributed by atoms with Crippen LogP contribution in [-0.2, 0) is 4.74 Å². The Morgan fingerprint density at radius 3 is 2.76 bits per heavy atom. The largest absolute Gasteiger partial charge is 0.443 e. The molecule has 0 radical (unpaired) electrons. The van der Waals surface area contributed by atoms with Gasteiger partial charge in [0.25, 0.3) is 5.92 Å². The Kier molecular flexibility index (Phi) is 7.95. The van der Waals surface area contributed by atoms with Crippen LogP contribution in [0.4, 0.5) is 13.6 Å². The number of allylic oxidation sites excluding steroid dienone is 3. The molecule has 41 heavy (non-hydrogen) atoms. The third-order valence-corrected chi connectivity index (χ3v) is 7.80. The lowest BCUT2D eigenvalue weighted by molar-refractivity contribution is -0.0457. The molecule has 5 nitrogen and oxygen atoms in total. The number of alkyl halides is 2. The van der Waals surface area contributed by atoms with Gasteiger partial charge in [-0.15, -0.1) is 0 Å². The number of aryl methyl sites for hydroxylation is 1. The maximum absolute atomic E-state index is 13.2. The maximum atomic E-state index is 13.2. The molecule has 2 heterocycles. The topological polar surface area (TPSA) is 65.7 Å². The van der Waals surface area contributed by atoms with Crippen LogP contribution in [0.15, 0.2) is 71.4 Å². The quantitative estimate of drug-likeness (QED) is 0.412. The van der Waals surface area contributed by atoms with E-state index in [1.54, 1.807) is 6.20 Å². The molecule has 5 rings (SSSR count). The van der Waals surface area contributed by atoms with Crippen LogP contribution in [0, 0.1) is 24.2 Å². The molecular formula is C34H35F2N3O2. The SMILES string of the molecule is C=C1C=CN=c2cc(-c3cc(C#N)ccc3C)cc(C3CC3)c2=C1/C1=C\[C@@H](C)CN(C(=O)OCC(C)(F)F)CCC1. The number of hydrogen-bond donors (Lipinski definition) is 0. The van der Waals surface area contributed by atoms with Crippen molar-refractivity contribution in [1.29, 1.82) is 5.26 Å². The average molecular weight is 556 g/mol. The van der Waals surface area contributed by atoms with Gasteiger partial charge in [-0.05, 0) is 108 Å². The van der Waals surface area contributed by atoms with Crippen molar-refractivity contribution in [2.24, 2.45) is 10.9 Å². The number of carbonyl (C=O) groups is 1. The molecule has 212 valence electrons. The second-order valence-electron chi connectivity index (χ2n) is 11.6. The summed E-state index contributed by atoms with van der Waals surface area (Å²) in [5, 5.41) is 11.5. The van der Waals surface area contributed by atoms with Gasteiger partial charge in [0.1, 0.15) is 0 Å². The molecule has 0 saturated heterocycles. The number of nitrogens with zero attached hydrogens (tertiary/aromatic N) is 3. The lowest BCUT2D eigenvalue weighted by Crippen LogP contribution is -2.38. The van der Waals surface area contributed by atoms with Crippen LogP contribution < -0.4 is 10.6 Å². The van der Waals surface area contributed by atoms with Crippen LogP contribution in [0.1, 0.15) is 62.1 Å². The Morgan fingerprint density at radius 2 is 2.05 bits per heavy atom. The minimum absolute atomic E-state index is 0.0204. The Morgan fingerprint density at radius 1 is 1.27 bits per heavy atom. The van der Waals surface area contributed by atoms with Gasteiger partial charge in [0, 0.05) is 31.4 Å².